The van der Waals surface area contributed by atoms with Crippen molar-refractivity contribution in [1.82, 2.24) is 0 Å². The van der Waals surface area contributed by atoms with Crippen LogP contribution in [0.25, 0.3) is 5.57 Å². The Kier molecular flexibility index (Phi) is 7.74. The molecule has 0 aliphatic heterocycles. The summed E-state index contributed by atoms with van der Waals surface area (Å²) in [5.41, 5.74) is 1.35. The molecule has 1 aromatic carbocycles. The SMILES string of the molecule is CCCCCC1CC=C(c2ccc(OCCCC)c(F)c2F)CC1. The molecule has 1 atom stereocenters. The van der Waals surface area contributed by atoms with Gasteiger partial charge in [-0.25, -0.2) is 4.39 Å². The number of hydrogen-bond acceptors (Lipinski definition) is 1. The Hall–Kier alpha value is -1.38. The fourth-order valence-electron chi connectivity index (χ4n) is 3.30. The first-order valence-corrected chi connectivity index (χ1v) is 9.47. The second kappa shape index (κ2) is 9.80. The van der Waals surface area contributed by atoms with E-state index in [0.29, 0.717) is 18.1 Å². The summed E-state index contributed by atoms with van der Waals surface area (Å²) < 4.78 is 33.9. The Morgan fingerprint density at radius 2 is 1.83 bits per heavy atom. The molecule has 24 heavy (non-hydrogen) atoms. The molecule has 0 bridgehead atoms. The van der Waals surface area contributed by atoms with Crippen molar-refractivity contribution in [3.63, 3.8) is 0 Å². The maximum Gasteiger partial charge on any atom is 0.201 e. The molecule has 0 radical (unpaired) electrons. The Bertz CT molecular complexity index is 551. The molecule has 1 aromatic rings. The number of ether oxygens (including phenoxy) is 1. The number of benzene rings is 1. The van der Waals surface area contributed by atoms with Crippen LogP contribution in [0.4, 0.5) is 8.78 Å². The minimum Gasteiger partial charge on any atom is -0.490 e. The van der Waals surface area contributed by atoms with Crippen molar-refractivity contribution in [3.8, 4) is 5.75 Å². The normalized spacial score (nSPS) is 17.7. The quantitative estimate of drug-likeness (QED) is 0.445. The van der Waals surface area contributed by atoms with E-state index >= 15 is 0 Å². The molecular formula is C21H30F2O. The van der Waals surface area contributed by atoms with Gasteiger partial charge in [0, 0.05) is 5.56 Å². The second-order valence-electron chi connectivity index (χ2n) is 6.81. The monoisotopic (exact) mass is 336 g/mol. The Balaban J connectivity index is 2.00. The van der Waals surface area contributed by atoms with Crippen molar-refractivity contribution in [1.29, 1.82) is 0 Å². The van der Waals surface area contributed by atoms with E-state index < -0.39 is 11.6 Å². The third-order valence-electron chi connectivity index (χ3n) is 4.88. The average Bonchev–Trinajstić information content (AvgIpc) is 2.60. The lowest BCUT2D eigenvalue weighted by molar-refractivity contribution is 0.288. The van der Waals surface area contributed by atoms with Gasteiger partial charge in [-0.1, -0.05) is 52.0 Å². The number of allylic oxidation sites excluding steroid dienone is 2. The predicted octanol–water partition coefficient (Wildman–Crippen LogP) is 6.91. The lowest BCUT2D eigenvalue weighted by atomic mass is 9.83. The lowest BCUT2D eigenvalue weighted by Gasteiger charge is -2.22. The van der Waals surface area contributed by atoms with E-state index in [1.165, 1.54) is 25.7 Å². The van der Waals surface area contributed by atoms with E-state index in [9.17, 15) is 8.78 Å². The highest BCUT2D eigenvalue weighted by atomic mass is 19.2. The zero-order chi connectivity index (χ0) is 17.4. The lowest BCUT2D eigenvalue weighted by Crippen LogP contribution is -2.07. The molecular weight excluding hydrogens is 306 g/mol. The molecule has 0 saturated carbocycles. The van der Waals surface area contributed by atoms with Crippen LogP contribution in [0.15, 0.2) is 18.2 Å². The van der Waals surface area contributed by atoms with Gasteiger partial charge in [0.2, 0.25) is 5.82 Å². The first-order chi connectivity index (χ1) is 11.7. The molecule has 0 amide bonds. The van der Waals surface area contributed by atoms with Crippen LogP contribution in [0.1, 0.15) is 77.2 Å². The van der Waals surface area contributed by atoms with Gasteiger partial charge in [0.15, 0.2) is 11.6 Å². The Morgan fingerprint density at radius 1 is 1.04 bits per heavy atom. The summed E-state index contributed by atoms with van der Waals surface area (Å²) in [5.74, 6) is -0.891. The molecule has 134 valence electrons. The van der Waals surface area contributed by atoms with Crippen LogP contribution in [-0.2, 0) is 0 Å². The molecule has 1 nitrogen and oxygen atoms in total. The molecule has 2 rings (SSSR count). The number of rotatable bonds is 9. The third kappa shape index (κ3) is 5.06. The van der Waals surface area contributed by atoms with Gasteiger partial charge in [0.05, 0.1) is 6.61 Å². The van der Waals surface area contributed by atoms with Crippen LogP contribution in [0, 0.1) is 17.6 Å². The van der Waals surface area contributed by atoms with Crippen LogP contribution in [0.2, 0.25) is 0 Å². The van der Waals surface area contributed by atoms with Crippen molar-refractivity contribution >= 4 is 5.57 Å². The number of hydrogen-bond donors (Lipinski definition) is 0. The molecule has 0 saturated heterocycles. The summed E-state index contributed by atoms with van der Waals surface area (Å²) >= 11 is 0. The van der Waals surface area contributed by atoms with Crippen molar-refractivity contribution < 1.29 is 13.5 Å². The predicted molar refractivity (Wildman–Crippen MR) is 96.2 cm³/mol. The van der Waals surface area contributed by atoms with Crippen LogP contribution >= 0.6 is 0 Å². The van der Waals surface area contributed by atoms with E-state index in [-0.39, 0.29) is 5.75 Å². The first kappa shape index (κ1) is 19.0. The van der Waals surface area contributed by atoms with E-state index in [4.69, 9.17) is 4.74 Å². The van der Waals surface area contributed by atoms with Gasteiger partial charge in [0.25, 0.3) is 0 Å². The molecule has 0 spiro atoms. The van der Waals surface area contributed by atoms with Gasteiger partial charge in [-0.05, 0) is 49.3 Å². The maximum absolute atomic E-state index is 14.4. The van der Waals surface area contributed by atoms with Gasteiger partial charge >= 0.3 is 0 Å². The zero-order valence-electron chi connectivity index (χ0n) is 15.0. The summed E-state index contributed by atoms with van der Waals surface area (Å²) in [4.78, 5) is 0. The van der Waals surface area contributed by atoms with Crippen LogP contribution in [0.3, 0.4) is 0 Å². The number of unbranched alkanes of at least 4 members (excludes halogenated alkanes) is 3. The highest BCUT2D eigenvalue weighted by molar-refractivity contribution is 5.67. The summed E-state index contributed by atoms with van der Waals surface area (Å²) in [6.45, 7) is 4.68. The van der Waals surface area contributed by atoms with E-state index in [1.807, 2.05) is 6.92 Å². The van der Waals surface area contributed by atoms with Gasteiger partial charge in [-0.2, -0.15) is 4.39 Å². The van der Waals surface area contributed by atoms with Gasteiger partial charge < -0.3 is 4.74 Å². The minimum atomic E-state index is -0.852. The van der Waals surface area contributed by atoms with Crippen molar-refractivity contribution in [3.05, 3.63) is 35.4 Å². The Morgan fingerprint density at radius 3 is 2.50 bits per heavy atom. The highest BCUT2D eigenvalue weighted by Crippen LogP contribution is 2.35. The molecule has 3 heteroatoms. The standard InChI is InChI=1S/C21H30F2O/c1-3-5-7-8-16-9-11-17(12-10-16)18-13-14-19(21(23)20(18)22)24-15-6-4-2/h11,13-14,16H,3-10,12,15H2,1-2H3. The van der Waals surface area contributed by atoms with Gasteiger partial charge in [-0.3, -0.25) is 0 Å². The summed E-state index contributed by atoms with van der Waals surface area (Å²) in [6.07, 6.45) is 11.9. The van der Waals surface area contributed by atoms with Crippen LogP contribution in [0.5, 0.6) is 5.75 Å². The molecule has 1 aliphatic rings. The Labute approximate surface area is 145 Å². The molecule has 1 unspecified atom stereocenters. The molecule has 0 heterocycles. The van der Waals surface area contributed by atoms with Gasteiger partial charge in [-0.15, -0.1) is 0 Å². The second-order valence-corrected chi connectivity index (χ2v) is 6.81. The van der Waals surface area contributed by atoms with Gasteiger partial charge in [0.1, 0.15) is 0 Å². The van der Waals surface area contributed by atoms with Crippen molar-refractivity contribution in [2.45, 2.75) is 71.6 Å². The minimum absolute atomic E-state index is 0.0264. The zero-order valence-corrected chi connectivity index (χ0v) is 15.0. The fraction of sp³-hybridized carbons (Fsp3) is 0.619. The first-order valence-electron chi connectivity index (χ1n) is 9.47. The molecule has 1 aliphatic carbocycles. The van der Waals surface area contributed by atoms with Crippen LogP contribution in [-0.4, -0.2) is 6.61 Å². The van der Waals surface area contributed by atoms with E-state index in [2.05, 4.69) is 13.0 Å². The average molecular weight is 336 g/mol. The van der Waals surface area contributed by atoms with Crippen molar-refractivity contribution in [2.24, 2.45) is 5.92 Å². The maximum atomic E-state index is 14.4. The summed E-state index contributed by atoms with van der Waals surface area (Å²) in [5, 5.41) is 0. The molecule has 0 N–H and O–H groups in total. The smallest absolute Gasteiger partial charge is 0.201 e. The largest absolute Gasteiger partial charge is 0.490 e. The summed E-state index contributed by atoms with van der Waals surface area (Å²) in [6, 6.07) is 3.24. The molecule has 0 fully saturated rings. The van der Waals surface area contributed by atoms with E-state index in [1.54, 1.807) is 12.1 Å². The van der Waals surface area contributed by atoms with E-state index in [0.717, 1.165) is 37.7 Å². The van der Waals surface area contributed by atoms with Crippen molar-refractivity contribution in [2.75, 3.05) is 6.61 Å². The van der Waals surface area contributed by atoms with Crippen LogP contribution < -0.4 is 4.74 Å². The fourth-order valence-corrected chi connectivity index (χ4v) is 3.30. The topological polar surface area (TPSA) is 9.23 Å². The summed E-state index contributed by atoms with van der Waals surface area (Å²) in [7, 11) is 0. The third-order valence-corrected chi connectivity index (χ3v) is 4.88. The highest BCUT2D eigenvalue weighted by Gasteiger charge is 2.20. The number of halogens is 2. The molecule has 0 aromatic heterocycles.